The first-order chi connectivity index (χ1) is 13.6. The molecule has 0 amide bonds. The van der Waals surface area contributed by atoms with E-state index in [1.54, 1.807) is 0 Å². The van der Waals surface area contributed by atoms with Crippen molar-refractivity contribution in [2.75, 3.05) is 65.2 Å². The van der Waals surface area contributed by atoms with E-state index in [0.29, 0.717) is 0 Å². The van der Waals surface area contributed by atoms with Gasteiger partial charge in [-0.2, -0.15) is 0 Å². The zero-order chi connectivity index (χ0) is 21.2. The number of rotatable bonds is 4. The molecule has 1 aliphatic heterocycles. The Morgan fingerprint density at radius 3 is 1.33 bits per heavy atom. The van der Waals surface area contributed by atoms with Gasteiger partial charge in [-0.3, -0.25) is 4.79 Å². The largest absolute Gasteiger partial charge is 1.00 e. The molecule has 0 spiro atoms. The Hall–Kier alpha value is -2.12. The maximum Gasteiger partial charge on any atom is 0.196 e. The third-order valence-corrected chi connectivity index (χ3v) is 5.28. The van der Waals surface area contributed by atoms with Crippen molar-refractivity contribution in [1.29, 1.82) is 0 Å². The summed E-state index contributed by atoms with van der Waals surface area (Å²) in [5.41, 5.74) is 6.18. The second-order valence-electron chi connectivity index (χ2n) is 8.89. The lowest BCUT2D eigenvalue weighted by atomic mass is 9.93. The molecule has 4 nitrogen and oxygen atoms in total. The topological polar surface area (TPSA) is 23.6 Å². The molecule has 0 bridgehead atoms. The minimum Gasteiger partial charge on any atom is -1.00 e. The minimum absolute atomic E-state index is 0. The van der Waals surface area contributed by atoms with Gasteiger partial charge in [0.25, 0.3) is 0 Å². The molecule has 3 rings (SSSR count). The third kappa shape index (κ3) is 5.95. The third-order valence-electron chi connectivity index (χ3n) is 5.28. The summed E-state index contributed by atoms with van der Waals surface area (Å²) in [4.78, 5) is 17.4. The first-order valence-corrected chi connectivity index (χ1v) is 9.97. The number of anilines is 2. The fourth-order valence-electron chi connectivity index (χ4n) is 3.69. The van der Waals surface area contributed by atoms with Crippen LogP contribution in [0.25, 0.3) is 12.2 Å². The van der Waals surface area contributed by atoms with Gasteiger partial charge in [-0.1, -0.05) is 24.3 Å². The molecule has 2 aromatic carbocycles. The molecular formula is C25H32IN3O. The van der Waals surface area contributed by atoms with E-state index in [0.717, 1.165) is 51.2 Å². The molecule has 0 atom stereocenters. The molecule has 1 aliphatic rings. The molecule has 5 heteroatoms. The number of nitrogens with zero attached hydrogens (tertiary/aromatic N) is 3. The monoisotopic (exact) mass is 517 g/mol. The molecule has 0 N–H and O–H groups in total. The second-order valence-corrected chi connectivity index (χ2v) is 8.89. The lowest BCUT2D eigenvalue weighted by Gasteiger charge is -2.35. The van der Waals surface area contributed by atoms with Crippen molar-refractivity contribution in [3.05, 3.63) is 70.8 Å². The maximum atomic E-state index is 13.2. The number of halogens is 1. The van der Waals surface area contributed by atoms with Gasteiger partial charge in [0, 0.05) is 39.6 Å². The van der Waals surface area contributed by atoms with Crippen molar-refractivity contribution < 1.29 is 33.3 Å². The molecule has 0 saturated carbocycles. The quantitative estimate of drug-likeness (QED) is 0.343. The molecule has 0 unspecified atom stereocenters. The van der Waals surface area contributed by atoms with Crippen LogP contribution in [0.15, 0.2) is 59.7 Å². The minimum atomic E-state index is 0. The summed E-state index contributed by atoms with van der Waals surface area (Å²) in [5.74, 6) is 0.163. The van der Waals surface area contributed by atoms with E-state index in [9.17, 15) is 4.79 Å². The van der Waals surface area contributed by atoms with Crippen molar-refractivity contribution in [1.82, 2.24) is 0 Å². The molecule has 30 heavy (non-hydrogen) atoms. The Kier molecular flexibility index (Phi) is 7.88. The van der Waals surface area contributed by atoms with E-state index in [-0.39, 0.29) is 29.8 Å². The van der Waals surface area contributed by atoms with Gasteiger partial charge in [-0.15, -0.1) is 0 Å². The Balaban J connectivity index is 0.00000320. The number of carbonyl (C=O) groups excluding carboxylic acids is 1. The smallest absolute Gasteiger partial charge is 0.196 e. The average Bonchev–Trinajstić information content (AvgIpc) is 2.66. The number of piperidine rings is 1. The van der Waals surface area contributed by atoms with E-state index in [1.165, 1.54) is 0 Å². The Morgan fingerprint density at radius 2 is 1.03 bits per heavy atom. The number of benzene rings is 2. The number of hydrogen-bond donors (Lipinski definition) is 0. The van der Waals surface area contributed by atoms with Crippen LogP contribution in [0.3, 0.4) is 0 Å². The van der Waals surface area contributed by atoms with Gasteiger partial charge in [0.15, 0.2) is 5.78 Å². The van der Waals surface area contributed by atoms with Crippen LogP contribution in [0.1, 0.15) is 11.1 Å². The van der Waals surface area contributed by atoms with Gasteiger partial charge in [-0.25, -0.2) is 0 Å². The SMILES string of the molecule is CN(C)c1ccc(C=C2C[N+](C)(C)CC(=Cc3ccc(N(C)C)cc3)C2=O)cc1.[I-]. The predicted octanol–water partition coefficient (Wildman–Crippen LogP) is 0.949. The highest BCUT2D eigenvalue weighted by Gasteiger charge is 2.33. The molecular weight excluding hydrogens is 485 g/mol. The van der Waals surface area contributed by atoms with Crippen LogP contribution in [0.5, 0.6) is 0 Å². The average molecular weight is 517 g/mol. The molecule has 1 saturated heterocycles. The summed E-state index contributed by atoms with van der Waals surface area (Å²) >= 11 is 0. The Bertz CT molecular complexity index is 864. The van der Waals surface area contributed by atoms with E-state index in [4.69, 9.17) is 0 Å². The fourth-order valence-corrected chi connectivity index (χ4v) is 3.69. The van der Waals surface area contributed by atoms with Crippen LogP contribution in [0.2, 0.25) is 0 Å². The summed E-state index contributed by atoms with van der Waals surface area (Å²) in [7, 11) is 12.5. The molecule has 160 valence electrons. The maximum absolute atomic E-state index is 13.2. The normalized spacial score (nSPS) is 18.3. The Labute approximate surface area is 198 Å². The standard InChI is InChI=1S/C25H32N3O.HI/c1-26(2)23-11-7-19(8-12-23)15-21-17-28(5,6)18-22(25(21)29)16-20-9-13-24(14-10-20)27(3)4;/h7-16H,17-18H2,1-6H3;1H/q+1;/p-1. The van der Waals surface area contributed by atoms with Crippen molar-refractivity contribution in [2.24, 2.45) is 0 Å². The van der Waals surface area contributed by atoms with Gasteiger partial charge < -0.3 is 38.3 Å². The van der Waals surface area contributed by atoms with Crippen LogP contribution in [0, 0.1) is 0 Å². The first kappa shape index (κ1) is 24.2. The van der Waals surface area contributed by atoms with Crippen LogP contribution in [0.4, 0.5) is 11.4 Å². The molecule has 1 fully saturated rings. The summed E-state index contributed by atoms with van der Waals surface area (Å²) < 4.78 is 0.773. The number of quaternary nitrogens is 1. The summed E-state index contributed by atoms with van der Waals surface area (Å²) in [5, 5.41) is 0. The molecule has 0 aromatic heterocycles. The van der Waals surface area contributed by atoms with Gasteiger partial charge in [0.2, 0.25) is 0 Å². The Morgan fingerprint density at radius 1 is 0.700 bits per heavy atom. The van der Waals surface area contributed by atoms with E-state index < -0.39 is 0 Å². The van der Waals surface area contributed by atoms with Crippen molar-refractivity contribution >= 4 is 29.3 Å². The summed E-state index contributed by atoms with van der Waals surface area (Å²) in [6.45, 7) is 1.48. The van der Waals surface area contributed by atoms with Crippen molar-refractivity contribution in [3.8, 4) is 0 Å². The highest BCUT2D eigenvalue weighted by Crippen LogP contribution is 2.26. The van der Waals surface area contributed by atoms with Crippen LogP contribution in [-0.4, -0.2) is 65.6 Å². The molecule has 2 aromatic rings. The number of likely N-dealkylation sites (N-methyl/N-ethyl adjacent to an activating group) is 1. The van der Waals surface area contributed by atoms with Gasteiger partial charge in [-0.05, 0) is 47.5 Å². The second kappa shape index (κ2) is 9.79. The van der Waals surface area contributed by atoms with Gasteiger partial charge >= 0.3 is 0 Å². The fraction of sp³-hybridized carbons (Fsp3) is 0.320. The number of ketones is 1. The summed E-state index contributed by atoms with van der Waals surface area (Å²) in [6, 6.07) is 16.7. The molecule has 0 aliphatic carbocycles. The van der Waals surface area contributed by atoms with E-state index in [2.05, 4.69) is 72.4 Å². The highest BCUT2D eigenvalue weighted by molar-refractivity contribution is 6.14. The van der Waals surface area contributed by atoms with Gasteiger partial charge in [0.05, 0.1) is 25.2 Å². The number of Topliss-reactive ketones (excluding diaryl/α,β-unsaturated/α-hetero) is 1. The molecule has 1 heterocycles. The number of hydrogen-bond acceptors (Lipinski definition) is 3. The zero-order valence-corrected chi connectivity index (χ0v) is 21.0. The number of likely N-dealkylation sites (tertiary alicyclic amines) is 1. The first-order valence-electron chi connectivity index (χ1n) is 9.97. The molecule has 0 radical (unpaired) electrons. The van der Waals surface area contributed by atoms with Crippen molar-refractivity contribution in [2.45, 2.75) is 0 Å². The van der Waals surface area contributed by atoms with E-state index in [1.807, 2.05) is 40.3 Å². The van der Waals surface area contributed by atoms with Gasteiger partial charge in [0.1, 0.15) is 13.1 Å². The van der Waals surface area contributed by atoms with Crippen LogP contribution < -0.4 is 33.8 Å². The van der Waals surface area contributed by atoms with Crippen LogP contribution in [-0.2, 0) is 4.79 Å². The van der Waals surface area contributed by atoms with Crippen molar-refractivity contribution in [3.63, 3.8) is 0 Å². The summed E-state index contributed by atoms with van der Waals surface area (Å²) in [6.07, 6.45) is 4.09. The highest BCUT2D eigenvalue weighted by atomic mass is 127. The predicted molar refractivity (Wildman–Crippen MR) is 124 cm³/mol. The lowest BCUT2D eigenvalue weighted by molar-refractivity contribution is -0.881. The van der Waals surface area contributed by atoms with Crippen LogP contribution >= 0.6 is 0 Å². The lowest BCUT2D eigenvalue weighted by Crippen LogP contribution is -3.00. The van der Waals surface area contributed by atoms with E-state index >= 15 is 0 Å². The number of carbonyl (C=O) groups is 1. The zero-order valence-electron chi connectivity index (χ0n) is 18.8.